The topological polar surface area (TPSA) is 73.2 Å². The van der Waals surface area contributed by atoms with Gasteiger partial charge in [-0.2, -0.15) is 5.26 Å². The highest BCUT2D eigenvalue weighted by atomic mass is 35.5. The van der Waals surface area contributed by atoms with E-state index in [2.05, 4.69) is 11.4 Å². The summed E-state index contributed by atoms with van der Waals surface area (Å²) >= 11 is 7.54. The Labute approximate surface area is 214 Å². The third-order valence-corrected chi connectivity index (χ3v) is 7.47. The van der Waals surface area contributed by atoms with E-state index in [-0.39, 0.29) is 11.5 Å². The number of benzene rings is 3. The summed E-state index contributed by atoms with van der Waals surface area (Å²) in [5.41, 5.74) is 4.87. The number of halogens is 1. The van der Waals surface area contributed by atoms with Gasteiger partial charge in [0.15, 0.2) is 0 Å². The van der Waals surface area contributed by atoms with Gasteiger partial charge in [-0.15, -0.1) is 0 Å². The number of nitrogens with zero attached hydrogens (tertiary/aromatic N) is 2. The normalized spacial score (nSPS) is 16.7. The molecule has 1 heterocycles. The van der Waals surface area contributed by atoms with Crippen molar-refractivity contribution in [2.45, 2.75) is 32.4 Å². The van der Waals surface area contributed by atoms with E-state index < -0.39 is 11.2 Å². The minimum atomic E-state index is -0.550. The summed E-state index contributed by atoms with van der Waals surface area (Å²) in [5, 5.41) is 13.3. The molecule has 1 aliphatic rings. The summed E-state index contributed by atoms with van der Waals surface area (Å²) in [4.78, 5) is 28.4. The predicted octanol–water partition coefficient (Wildman–Crippen LogP) is 6.33. The largest absolute Gasteiger partial charge is 0.321 e. The molecule has 1 fully saturated rings. The third kappa shape index (κ3) is 5.27. The Bertz CT molecular complexity index is 1390. The molecule has 5 nitrogen and oxygen atoms in total. The van der Waals surface area contributed by atoms with Gasteiger partial charge in [-0.1, -0.05) is 65.8 Å². The maximum Gasteiger partial charge on any atom is 0.269 e. The predicted molar refractivity (Wildman–Crippen MR) is 142 cm³/mol. The second-order valence-electron chi connectivity index (χ2n) is 8.47. The van der Waals surface area contributed by atoms with Crippen LogP contribution in [0.3, 0.4) is 0 Å². The van der Waals surface area contributed by atoms with E-state index in [0.29, 0.717) is 27.8 Å². The first-order valence-electron chi connectivity index (χ1n) is 11.1. The maximum atomic E-state index is 13.7. The third-order valence-electron chi connectivity index (χ3n) is 5.80. The van der Waals surface area contributed by atoms with Gasteiger partial charge in [-0.3, -0.25) is 14.5 Å². The van der Waals surface area contributed by atoms with Crippen LogP contribution in [-0.2, 0) is 16.0 Å². The molecule has 1 unspecified atom stereocenters. The van der Waals surface area contributed by atoms with Crippen molar-refractivity contribution in [1.82, 2.24) is 0 Å². The van der Waals surface area contributed by atoms with Gasteiger partial charge >= 0.3 is 0 Å². The van der Waals surface area contributed by atoms with E-state index >= 15 is 0 Å². The van der Waals surface area contributed by atoms with Crippen LogP contribution in [-0.4, -0.2) is 17.1 Å². The maximum absolute atomic E-state index is 13.7. The van der Waals surface area contributed by atoms with Gasteiger partial charge in [0.05, 0.1) is 10.9 Å². The minimum Gasteiger partial charge on any atom is -0.321 e. The highest BCUT2D eigenvalue weighted by Crippen LogP contribution is 2.43. The summed E-state index contributed by atoms with van der Waals surface area (Å²) in [6.45, 7) is 5.75. The summed E-state index contributed by atoms with van der Waals surface area (Å²) in [5.74, 6) is -0.724. The second kappa shape index (κ2) is 10.4. The number of aryl methyl sites for hydroxylation is 3. The number of hydrogen-bond donors (Lipinski definition) is 1. The quantitative estimate of drug-likeness (QED) is 0.327. The lowest BCUT2D eigenvalue weighted by Gasteiger charge is -2.20. The smallest absolute Gasteiger partial charge is 0.269 e. The summed E-state index contributed by atoms with van der Waals surface area (Å²) in [6, 6.07) is 22.6. The van der Waals surface area contributed by atoms with E-state index in [4.69, 9.17) is 11.6 Å². The van der Waals surface area contributed by atoms with Crippen molar-refractivity contribution in [3.8, 4) is 6.07 Å². The monoisotopic (exact) mass is 501 g/mol. The molecule has 3 aromatic rings. The Kier molecular flexibility index (Phi) is 7.30. The Hall–Kier alpha value is -3.53. The van der Waals surface area contributed by atoms with E-state index in [0.717, 1.165) is 22.3 Å². The number of rotatable bonds is 5. The summed E-state index contributed by atoms with van der Waals surface area (Å²) in [6.07, 6.45) is 0.424. The molecule has 0 spiro atoms. The van der Waals surface area contributed by atoms with Crippen LogP contribution < -0.4 is 10.2 Å². The van der Waals surface area contributed by atoms with Crippen LogP contribution in [0.4, 0.5) is 11.4 Å². The molecule has 2 amide bonds. The number of thioether (sulfide) groups is 1. The van der Waals surface area contributed by atoms with Crippen LogP contribution in [0.1, 0.15) is 22.3 Å². The number of anilines is 2. The van der Waals surface area contributed by atoms with Gasteiger partial charge in [0.1, 0.15) is 16.7 Å². The SMILES string of the molecule is Cc1cccc(NC(=O)C(C#N)=C2SC(Cc3ccc(C)c(Cl)c3)C(=O)N2c2ccccc2C)c1. The molecule has 0 bridgehead atoms. The summed E-state index contributed by atoms with van der Waals surface area (Å²) in [7, 11) is 0. The number of carbonyl (C=O) groups is 2. The van der Waals surface area contributed by atoms with Crippen molar-refractivity contribution < 1.29 is 9.59 Å². The fourth-order valence-electron chi connectivity index (χ4n) is 3.91. The number of nitrogens with one attached hydrogen (secondary N) is 1. The molecule has 0 saturated carbocycles. The first-order chi connectivity index (χ1) is 16.8. The van der Waals surface area contributed by atoms with Gasteiger partial charge < -0.3 is 5.32 Å². The first-order valence-corrected chi connectivity index (χ1v) is 12.4. The molecule has 1 atom stereocenters. The Morgan fingerprint density at radius 2 is 1.83 bits per heavy atom. The lowest BCUT2D eigenvalue weighted by atomic mass is 10.1. The molecule has 3 aromatic carbocycles. The van der Waals surface area contributed by atoms with Crippen LogP contribution in [0.15, 0.2) is 77.3 Å². The highest BCUT2D eigenvalue weighted by Gasteiger charge is 2.41. The molecule has 1 N–H and O–H groups in total. The molecule has 0 radical (unpaired) electrons. The number of nitriles is 1. The zero-order valence-electron chi connectivity index (χ0n) is 19.6. The lowest BCUT2D eigenvalue weighted by molar-refractivity contribution is -0.117. The molecule has 35 heavy (non-hydrogen) atoms. The Morgan fingerprint density at radius 3 is 2.51 bits per heavy atom. The Morgan fingerprint density at radius 1 is 1.06 bits per heavy atom. The molecule has 1 aliphatic heterocycles. The van der Waals surface area contributed by atoms with Gasteiger partial charge in [-0.05, 0) is 73.7 Å². The van der Waals surface area contributed by atoms with Crippen molar-refractivity contribution >= 4 is 46.6 Å². The van der Waals surface area contributed by atoms with Gasteiger partial charge in [0.2, 0.25) is 5.91 Å². The average molecular weight is 502 g/mol. The van der Waals surface area contributed by atoms with E-state index in [1.54, 1.807) is 6.07 Å². The molecular formula is C28H24ClN3O2S. The van der Waals surface area contributed by atoms with E-state index in [1.165, 1.54) is 16.7 Å². The zero-order chi connectivity index (χ0) is 25.1. The zero-order valence-corrected chi connectivity index (χ0v) is 21.2. The Balaban J connectivity index is 1.75. The minimum absolute atomic E-state index is 0.0995. The van der Waals surface area contributed by atoms with Crippen molar-refractivity contribution in [1.29, 1.82) is 5.26 Å². The van der Waals surface area contributed by atoms with Crippen LogP contribution in [0.25, 0.3) is 0 Å². The molecule has 0 aliphatic carbocycles. The molecule has 4 rings (SSSR count). The number of carbonyl (C=O) groups excluding carboxylic acids is 2. The summed E-state index contributed by atoms with van der Waals surface area (Å²) < 4.78 is 0. The fourth-order valence-corrected chi connectivity index (χ4v) is 5.42. The van der Waals surface area contributed by atoms with E-state index in [1.807, 2.05) is 81.4 Å². The van der Waals surface area contributed by atoms with Crippen molar-refractivity contribution in [2.75, 3.05) is 10.2 Å². The molecular weight excluding hydrogens is 478 g/mol. The standard InChI is InChI=1S/C28H24ClN3O2S/c1-17-7-6-9-21(13-17)31-26(33)22(16-30)28-32(24-10-5-4-8-19(24)3)27(34)25(35-28)15-20-12-11-18(2)23(29)14-20/h4-14,25H,15H2,1-3H3,(H,31,33). The van der Waals surface area contributed by atoms with Crippen LogP contribution in [0.2, 0.25) is 5.02 Å². The second-order valence-corrected chi connectivity index (χ2v) is 10.1. The van der Waals surface area contributed by atoms with Crippen LogP contribution in [0.5, 0.6) is 0 Å². The first kappa shape index (κ1) is 24.6. The molecule has 176 valence electrons. The van der Waals surface area contributed by atoms with Gasteiger partial charge in [0.25, 0.3) is 5.91 Å². The fraction of sp³-hybridized carbons (Fsp3) is 0.179. The van der Waals surface area contributed by atoms with Crippen molar-refractivity contribution in [2.24, 2.45) is 0 Å². The van der Waals surface area contributed by atoms with Crippen molar-refractivity contribution in [3.63, 3.8) is 0 Å². The molecule has 0 aromatic heterocycles. The number of para-hydroxylation sites is 1. The number of hydrogen-bond acceptors (Lipinski definition) is 4. The molecule has 1 saturated heterocycles. The highest BCUT2D eigenvalue weighted by molar-refractivity contribution is 8.05. The molecule has 7 heteroatoms. The van der Waals surface area contributed by atoms with Crippen LogP contribution >= 0.6 is 23.4 Å². The average Bonchev–Trinajstić information content (AvgIpc) is 3.12. The van der Waals surface area contributed by atoms with Crippen molar-refractivity contribution in [3.05, 3.63) is 105 Å². The lowest BCUT2D eigenvalue weighted by Crippen LogP contribution is -2.31. The van der Waals surface area contributed by atoms with Gasteiger partial charge in [0, 0.05) is 10.7 Å². The van der Waals surface area contributed by atoms with E-state index in [9.17, 15) is 14.9 Å². The number of amides is 2. The van der Waals surface area contributed by atoms with Gasteiger partial charge in [-0.25, -0.2) is 0 Å². The van der Waals surface area contributed by atoms with Crippen LogP contribution in [0, 0.1) is 32.1 Å².